The molecule has 1 aromatic rings. The van der Waals surface area contributed by atoms with Gasteiger partial charge in [-0.05, 0) is 37.9 Å². The zero-order valence-electron chi connectivity index (χ0n) is 12.1. The molecule has 0 atom stereocenters. The molecule has 5 nitrogen and oxygen atoms in total. The smallest absolute Gasteiger partial charge is 0.260 e. The second kappa shape index (κ2) is 6.02. The maximum atomic E-state index is 12.4. The standard InChI is InChI=1S/C14H23N3O2/c1-5-17(9-14(3,4)8-15)13(19)11-7-6-10(2)16-12(11)18/h6-7H,5,8-9,15H2,1-4H3,(H,16,18). The zero-order valence-corrected chi connectivity index (χ0v) is 12.1. The largest absolute Gasteiger partial charge is 0.338 e. The lowest BCUT2D eigenvalue weighted by atomic mass is 9.93. The monoisotopic (exact) mass is 265 g/mol. The molecule has 1 rings (SSSR count). The lowest BCUT2D eigenvalue weighted by Crippen LogP contribution is -2.43. The number of aryl methyl sites for hydroxylation is 1. The number of hydrogen-bond donors (Lipinski definition) is 2. The first-order chi connectivity index (χ1) is 8.80. The van der Waals surface area contributed by atoms with Gasteiger partial charge in [0.1, 0.15) is 5.56 Å². The van der Waals surface area contributed by atoms with Crippen molar-refractivity contribution in [2.75, 3.05) is 19.6 Å². The molecule has 5 heteroatoms. The van der Waals surface area contributed by atoms with E-state index in [0.717, 1.165) is 5.69 Å². The summed E-state index contributed by atoms with van der Waals surface area (Å²) in [6, 6.07) is 3.31. The van der Waals surface area contributed by atoms with E-state index < -0.39 is 0 Å². The Hall–Kier alpha value is -1.62. The Morgan fingerprint density at radius 1 is 1.42 bits per heavy atom. The summed E-state index contributed by atoms with van der Waals surface area (Å²) in [6.45, 7) is 9.26. The number of aromatic amines is 1. The minimum absolute atomic E-state index is 0.164. The van der Waals surface area contributed by atoms with E-state index in [-0.39, 0.29) is 22.4 Å². The normalized spacial score (nSPS) is 11.4. The van der Waals surface area contributed by atoms with Gasteiger partial charge in [0.05, 0.1) is 0 Å². The van der Waals surface area contributed by atoms with Crippen molar-refractivity contribution < 1.29 is 4.79 Å². The number of nitrogens with zero attached hydrogens (tertiary/aromatic N) is 1. The zero-order chi connectivity index (χ0) is 14.6. The topological polar surface area (TPSA) is 79.2 Å². The Balaban J connectivity index is 2.99. The fourth-order valence-electron chi connectivity index (χ4n) is 1.82. The molecular weight excluding hydrogens is 242 g/mol. The van der Waals surface area contributed by atoms with Crippen LogP contribution in [0.2, 0.25) is 0 Å². The molecule has 0 saturated carbocycles. The van der Waals surface area contributed by atoms with E-state index in [1.54, 1.807) is 24.0 Å². The van der Waals surface area contributed by atoms with E-state index in [0.29, 0.717) is 19.6 Å². The van der Waals surface area contributed by atoms with Gasteiger partial charge in [-0.25, -0.2) is 0 Å². The first-order valence-corrected chi connectivity index (χ1v) is 6.50. The van der Waals surface area contributed by atoms with Gasteiger partial charge in [0.2, 0.25) is 0 Å². The molecule has 0 aliphatic rings. The minimum atomic E-state index is -0.339. The van der Waals surface area contributed by atoms with E-state index in [4.69, 9.17) is 5.73 Å². The third-order valence-electron chi connectivity index (χ3n) is 3.13. The number of hydrogen-bond acceptors (Lipinski definition) is 3. The summed E-state index contributed by atoms with van der Waals surface area (Å²) < 4.78 is 0. The van der Waals surface area contributed by atoms with Crippen molar-refractivity contribution in [3.05, 3.63) is 33.7 Å². The Kier molecular flexibility index (Phi) is 4.89. The van der Waals surface area contributed by atoms with Crippen molar-refractivity contribution in [3.8, 4) is 0 Å². The Labute approximate surface area is 113 Å². The van der Waals surface area contributed by atoms with Crippen molar-refractivity contribution in [2.24, 2.45) is 11.1 Å². The van der Waals surface area contributed by atoms with Crippen LogP contribution in [0.4, 0.5) is 0 Å². The first kappa shape index (κ1) is 15.4. The Bertz CT molecular complexity index is 506. The molecule has 1 amide bonds. The fourth-order valence-corrected chi connectivity index (χ4v) is 1.82. The van der Waals surface area contributed by atoms with Crippen LogP contribution in [0.3, 0.4) is 0 Å². The van der Waals surface area contributed by atoms with Crippen LogP contribution in [0.1, 0.15) is 36.8 Å². The number of H-pyrrole nitrogens is 1. The van der Waals surface area contributed by atoms with Crippen LogP contribution in [0, 0.1) is 12.3 Å². The average molecular weight is 265 g/mol. The van der Waals surface area contributed by atoms with Crippen LogP contribution < -0.4 is 11.3 Å². The summed E-state index contributed by atoms with van der Waals surface area (Å²) in [5, 5.41) is 0. The lowest BCUT2D eigenvalue weighted by Gasteiger charge is -2.31. The summed E-state index contributed by atoms with van der Waals surface area (Å²) in [7, 11) is 0. The third kappa shape index (κ3) is 3.92. The van der Waals surface area contributed by atoms with E-state index in [1.165, 1.54) is 0 Å². The van der Waals surface area contributed by atoms with Gasteiger partial charge in [-0.15, -0.1) is 0 Å². The van der Waals surface area contributed by atoms with Crippen LogP contribution in [0.15, 0.2) is 16.9 Å². The van der Waals surface area contributed by atoms with Gasteiger partial charge in [-0.3, -0.25) is 9.59 Å². The van der Waals surface area contributed by atoms with Gasteiger partial charge in [0, 0.05) is 18.8 Å². The predicted molar refractivity (Wildman–Crippen MR) is 76.2 cm³/mol. The first-order valence-electron chi connectivity index (χ1n) is 6.50. The number of nitrogens with two attached hydrogens (primary N) is 1. The van der Waals surface area contributed by atoms with Crippen molar-refractivity contribution in [1.29, 1.82) is 0 Å². The molecule has 0 aromatic carbocycles. The molecule has 3 N–H and O–H groups in total. The summed E-state index contributed by atoms with van der Waals surface area (Å²) in [4.78, 5) is 28.5. The number of carbonyl (C=O) groups is 1. The number of nitrogens with one attached hydrogen (secondary N) is 1. The van der Waals surface area contributed by atoms with Crippen LogP contribution in [0.5, 0.6) is 0 Å². The molecule has 19 heavy (non-hydrogen) atoms. The predicted octanol–water partition coefficient (Wildman–Crippen LogP) is 1.13. The molecule has 0 saturated heterocycles. The molecule has 0 bridgehead atoms. The quantitative estimate of drug-likeness (QED) is 0.837. The molecule has 0 spiro atoms. The van der Waals surface area contributed by atoms with Gasteiger partial charge >= 0.3 is 0 Å². The summed E-state index contributed by atoms with van der Waals surface area (Å²) in [5.74, 6) is -0.245. The molecule has 0 unspecified atom stereocenters. The molecule has 106 valence electrons. The molecule has 1 heterocycles. The van der Waals surface area contributed by atoms with Crippen molar-refractivity contribution in [1.82, 2.24) is 9.88 Å². The fraction of sp³-hybridized carbons (Fsp3) is 0.571. The molecule has 0 radical (unpaired) electrons. The highest BCUT2D eigenvalue weighted by Gasteiger charge is 2.24. The van der Waals surface area contributed by atoms with Gasteiger partial charge in [0.15, 0.2) is 0 Å². The lowest BCUT2D eigenvalue weighted by molar-refractivity contribution is 0.0699. The van der Waals surface area contributed by atoms with E-state index in [9.17, 15) is 9.59 Å². The van der Waals surface area contributed by atoms with E-state index in [2.05, 4.69) is 4.98 Å². The number of aromatic nitrogens is 1. The van der Waals surface area contributed by atoms with Crippen LogP contribution in [0.25, 0.3) is 0 Å². The second-order valence-electron chi connectivity index (χ2n) is 5.57. The average Bonchev–Trinajstić information content (AvgIpc) is 2.35. The van der Waals surface area contributed by atoms with Gasteiger partial charge in [0.25, 0.3) is 11.5 Å². The minimum Gasteiger partial charge on any atom is -0.338 e. The summed E-state index contributed by atoms with van der Waals surface area (Å²) in [5.41, 5.74) is 6.11. The molecule has 0 aliphatic carbocycles. The SMILES string of the molecule is CCN(CC(C)(C)CN)C(=O)c1ccc(C)[nH]c1=O. The Morgan fingerprint density at radius 3 is 2.53 bits per heavy atom. The second-order valence-corrected chi connectivity index (χ2v) is 5.57. The maximum absolute atomic E-state index is 12.4. The Morgan fingerprint density at radius 2 is 2.05 bits per heavy atom. The highest BCUT2D eigenvalue weighted by molar-refractivity contribution is 5.93. The molecule has 1 aromatic heterocycles. The van der Waals surface area contributed by atoms with Gasteiger partial charge in [-0.2, -0.15) is 0 Å². The molecule has 0 fully saturated rings. The van der Waals surface area contributed by atoms with Crippen LogP contribution >= 0.6 is 0 Å². The highest BCUT2D eigenvalue weighted by Crippen LogP contribution is 2.16. The van der Waals surface area contributed by atoms with Gasteiger partial charge < -0.3 is 15.6 Å². The number of carbonyl (C=O) groups excluding carboxylic acids is 1. The summed E-state index contributed by atoms with van der Waals surface area (Å²) in [6.07, 6.45) is 0. The van der Waals surface area contributed by atoms with Crippen LogP contribution in [-0.4, -0.2) is 35.4 Å². The maximum Gasteiger partial charge on any atom is 0.260 e. The van der Waals surface area contributed by atoms with E-state index >= 15 is 0 Å². The van der Waals surface area contributed by atoms with Crippen LogP contribution in [-0.2, 0) is 0 Å². The summed E-state index contributed by atoms with van der Waals surface area (Å²) >= 11 is 0. The number of pyridine rings is 1. The number of rotatable bonds is 5. The number of amides is 1. The van der Waals surface area contributed by atoms with Crippen molar-refractivity contribution in [2.45, 2.75) is 27.7 Å². The molecular formula is C14H23N3O2. The molecule has 0 aliphatic heterocycles. The third-order valence-corrected chi connectivity index (χ3v) is 3.13. The van der Waals surface area contributed by atoms with Crippen molar-refractivity contribution >= 4 is 5.91 Å². The van der Waals surface area contributed by atoms with Gasteiger partial charge in [-0.1, -0.05) is 13.8 Å². The highest BCUT2D eigenvalue weighted by atomic mass is 16.2. The van der Waals surface area contributed by atoms with Crippen molar-refractivity contribution in [3.63, 3.8) is 0 Å². The van der Waals surface area contributed by atoms with E-state index in [1.807, 2.05) is 20.8 Å².